The lowest BCUT2D eigenvalue weighted by atomic mass is 9.48. The van der Waals surface area contributed by atoms with Crippen molar-refractivity contribution in [3.8, 4) is 0 Å². The van der Waals surface area contributed by atoms with Gasteiger partial charge in [-0.3, -0.25) is 9.59 Å². The first-order chi connectivity index (χ1) is 14.7. The standard InChI is InChI=1S/C25H40O7/c1-16(26)31-15-21(32-17(2)27)25(6,29)14-11-19-18(22(28)30-7)9-10-20-23(3,4)12-8-13-24(19,20)5/h9,19-21,29H,8,10-15H2,1-7H3/t19-,20-,21-,24+,25+/m0/s1. The van der Waals surface area contributed by atoms with Crippen LogP contribution in [0, 0.1) is 22.7 Å². The second-order valence-electron chi connectivity index (χ2n) is 10.6. The zero-order valence-corrected chi connectivity index (χ0v) is 20.7. The molecule has 0 radical (unpaired) electrons. The first kappa shape index (κ1) is 26.4. The third-order valence-corrected chi connectivity index (χ3v) is 7.82. The monoisotopic (exact) mass is 452 g/mol. The van der Waals surface area contributed by atoms with E-state index in [9.17, 15) is 19.5 Å². The molecule has 0 heterocycles. The van der Waals surface area contributed by atoms with Crippen LogP contribution in [0.2, 0.25) is 0 Å². The number of esters is 3. The molecule has 2 aliphatic rings. The molecule has 0 saturated heterocycles. The number of carbonyl (C=O) groups excluding carboxylic acids is 3. The molecule has 0 aromatic rings. The maximum Gasteiger partial charge on any atom is 0.333 e. The number of hydrogen-bond acceptors (Lipinski definition) is 7. The fourth-order valence-electron chi connectivity index (χ4n) is 6.07. The van der Waals surface area contributed by atoms with Crippen molar-refractivity contribution in [3.05, 3.63) is 11.6 Å². The number of hydrogen-bond donors (Lipinski definition) is 1. The molecule has 0 aromatic carbocycles. The van der Waals surface area contributed by atoms with Gasteiger partial charge in [0, 0.05) is 19.4 Å². The van der Waals surface area contributed by atoms with E-state index in [4.69, 9.17) is 14.2 Å². The summed E-state index contributed by atoms with van der Waals surface area (Å²) in [6, 6.07) is 0. The number of fused-ring (bicyclic) bond motifs is 1. The van der Waals surface area contributed by atoms with E-state index in [1.165, 1.54) is 21.0 Å². The number of carbonyl (C=O) groups is 3. The van der Waals surface area contributed by atoms with Crippen LogP contribution in [0.1, 0.15) is 80.1 Å². The molecule has 7 heteroatoms. The summed E-state index contributed by atoms with van der Waals surface area (Å²) in [5, 5.41) is 11.2. The zero-order valence-electron chi connectivity index (χ0n) is 20.7. The Labute approximate surface area is 191 Å². The molecule has 1 saturated carbocycles. The average Bonchev–Trinajstić information content (AvgIpc) is 2.67. The largest absolute Gasteiger partial charge is 0.466 e. The summed E-state index contributed by atoms with van der Waals surface area (Å²) in [7, 11) is 1.39. The van der Waals surface area contributed by atoms with E-state index in [1.54, 1.807) is 6.92 Å². The number of allylic oxidation sites excluding steroid dienone is 1. The highest BCUT2D eigenvalue weighted by Gasteiger charge is 2.54. The van der Waals surface area contributed by atoms with Crippen molar-refractivity contribution in [2.24, 2.45) is 22.7 Å². The van der Waals surface area contributed by atoms with E-state index < -0.39 is 23.6 Å². The van der Waals surface area contributed by atoms with E-state index in [1.807, 2.05) is 6.08 Å². The topological polar surface area (TPSA) is 99.1 Å². The molecule has 0 unspecified atom stereocenters. The summed E-state index contributed by atoms with van der Waals surface area (Å²) in [5.41, 5.74) is -0.718. The number of rotatable bonds is 8. The van der Waals surface area contributed by atoms with E-state index in [0.717, 1.165) is 25.7 Å². The van der Waals surface area contributed by atoms with Crippen LogP contribution in [-0.2, 0) is 28.6 Å². The van der Waals surface area contributed by atoms with Crippen LogP contribution in [0.4, 0.5) is 0 Å². The molecule has 1 fully saturated rings. The highest BCUT2D eigenvalue weighted by molar-refractivity contribution is 5.89. The first-order valence-corrected chi connectivity index (χ1v) is 11.6. The SMILES string of the molecule is COC(=O)C1=CC[C@H]2C(C)(C)CCC[C@]2(C)[C@H]1CC[C@@](C)(O)[C@H](COC(C)=O)OC(C)=O. The maximum atomic E-state index is 12.7. The van der Waals surface area contributed by atoms with Crippen LogP contribution in [0.25, 0.3) is 0 Å². The van der Waals surface area contributed by atoms with Gasteiger partial charge in [0.25, 0.3) is 0 Å². The molecule has 5 atom stereocenters. The molecule has 2 rings (SSSR count). The fourth-order valence-corrected chi connectivity index (χ4v) is 6.07. The summed E-state index contributed by atoms with van der Waals surface area (Å²) in [5.74, 6) is -1.07. The summed E-state index contributed by atoms with van der Waals surface area (Å²) >= 11 is 0. The summed E-state index contributed by atoms with van der Waals surface area (Å²) in [6.07, 6.45) is 5.90. The van der Waals surface area contributed by atoms with Crippen molar-refractivity contribution in [1.82, 2.24) is 0 Å². The lowest BCUT2D eigenvalue weighted by Crippen LogP contribution is -2.51. The second-order valence-corrected chi connectivity index (χ2v) is 10.6. The van der Waals surface area contributed by atoms with E-state index in [0.29, 0.717) is 17.9 Å². The Morgan fingerprint density at radius 2 is 1.84 bits per heavy atom. The molecule has 0 bridgehead atoms. The van der Waals surface area contributed by atoms with Crippen molar-refractivity contribution in [3.63, 3.8) is 0 Å². The summed E-state index contributed by atoms with van der Waals surface area (Å²) in [4.78, 5) is 35.5. The van der Waals surface area contributed by atoms with Crippen LogP contribution < -0.4 is 0 Å². The van der Waals surface area contributed by atoms with Crippen molar-refractivity contribution >= 4 is 17.9 Å². The van der Waals surface area contributed by atoms with Crippen molar-refractivity contribution in [2.75, 3.05) is 13.7 Å². The van der Waals surface area contributed by atoms with Gasteiger partial charge in [-0.2, -0.15) is 0 Å². The Bertz CT molecular complexity index is 751. The van der Waals surface area contributed by atoms with Crippen LogP contribution >= 0.6 is 0 Å². The quantitative estimate of drug-likeness (QED) is 0.439. The van der Waals surface area contributed by atoms with Gasteiger partial charge in [-0.25, -0.2) is 4.79 Å². The van der Waals surface area contributed by atoms with E-state index in [-0.39, 0.29) is 35.7 Å². The van der Waals surface area contributed by atoms with Gasteiger partial charge >= 0.3 is 17.9 Å². The molecule has 0 amide bonds. The Kier molecular flexibility index (Phi) is 8.19. The van der Waals surface area contributed by atoms with Gasteiger partial charge in [0.1, 0.15) is 12.2 Å². The van der Waals surface area contributed by atoms with Crippen LogP contribution in [0.5, 0.6) is 0 Å². The predicted octanol–water partition coefficient (Wildman–Crippen LogP) is 3.96. The summed E-state index contributed by atoms with van der Waals surface area (Å²) < 4.78 is 15.4. The van der Waals surface area contributed by atoms with E-state index >= 15 is 0 Å². The smallest absolute Gasteiger partial charge is 0.333 e. The first-order valence-electron chi connectivity index (χ1n) is 11.6. The van der Waals surface area contributed by atoms with Gasteiger partial charge in [0.15, 0.2) is 6.10 Å². The van der Waals surface area contributed by atoms with Crippen LogP contribution in [-0.4, -0.2) is 48.4 Å². The highest BCUT2D eigenvalue weighted by atomic mass is 16.6. The Hall–Kier alpha value is -1.89. The molecular formula is C25H40O7. The highest BCUT2D eigenvalue weighted by Crippen LogP contribution is 2.60. The molecule has 1 N–H and O–H groups in total. The fraction of sp³-hybridized carbons (Fsp3) is 0.800. The molecule has 7 nitrogen and oxygen atoms in total. The van der Waals surface area contributed by atoms with Crippen LogP contribution in [0.15, 0.2) is 11.6 Å². The molecule has 0 aromatic heterocycles. The Morgan fingerprint density at radius 1 is 1.19 bits per heavy atom. The summed E-state index contributed by atoms with van der Waals surface area (Å²) in [6.45, 7) is 10.7. The predicted molar refractivity (Wildman–Crippen MR) is 119 cm³/mol. The van der Waals surface area contributed by atoms with Crippen molar-refractivity contribution in [2.45, 2.75) is 91.8 Å². The van der Waals surface area contributed by atoms with Crippen molar-refractivity contribution in [1.29, 1.82) is 0 Å². The minimum atomic E-state index is -1.43. The number of methoxy groups -OCH3 is 1. The van der Waals surface area contributed by atoms with Gasteiger partial charge in [0.2, 0.25) is 0 Å². The normalized spacial score (nSPS) is 29.6. The molecule has 0 aliphatic heterocycles. The number of ether oxygens (including phenoxy) is 3. The second kappa shape index (κ2) is 9.94. The maximum absolute atomic E-state index is 12.7. The molecule has 32 heavy (non-hydrogen) atoms. The lowest BCUT2D eigenvalue weighted by molar-refractivity contribution is -0.175. The molecular weight excluding hydrogens is 412 g/mol. The van der Waals surface area contributed by atoms with Gasteiger partial charge in [-0.15, -0.1) is 0 Å². The zero-order chi connectivity index (χ0) is 24.3. The molecule has 0 spiro atoms. The minimum Gasteiger partial charge on any atom is -0.466 e. The third kappa shape index (κ3) is 5.72. The molecule has 2 aliphatic carbocycles. The average molecular weight is 453 g/mol. The number of aliphatic hydroxyl groups is 1. The van der Waals surface area contributed by atoms with E-state index in [2.05, 4.69) is 20.8 Å². The Balaban J connectivity index is 2.31. The lowest BCUT2D eigenvalue weighted by Gasteiger charge is -2.57. The van der Waals surface area contributed by atoms with Gasteiger partial charge < -0.3 is 19.3 Å². The minimum absolute atomic E-state index is 0.0912. The van der Waals surface area contributed by atoms with Gasteiger partial charge in [0.05, 0.1) is 7.11 Å². The van der Waals surface area contributed by atoms with Gasteiger partial charge in [-0.05, 0) is 61.7 Å². The van der Waals surface area contributed by atoms with Crippen molar-refractivity contribution < 1.29 is 33.7 Å². The van der Waals surface area contributed by atoms with Crippen LogP contribution in [0.3, 0.4) is 0 Å². The van der Waals surface area contributed by atoms with Gasteiger partial charge in [-0.1, -0.05) is 33.3 Å². The third-order valence-electron chi connectivity index (χ3n) is 7.82. The Morgan fingerprint density at radius 3 is 2.41 bits per heavy atom. The molecule has 182 valence electrons.